The maximum Gasteiger partial charge on any atom is 0.326 e. The van der Waals surface area contributed by atoms with Gasteiger partial charge in [-0.15, -0.1) is 0 Å². The minimum atomic E-state index is -1.39. The molecule has 210 valence electrons. The second kappa shape index (κ2) is 14.5. The highest BCUT2D eigenvalue weighted by Crippen LogP contribution is 2.19. The highest BCUT2D eigenvalue weighted by atomic mass is 16.4. The van der Waals surface area contributed by atoms with Gasteiger partial charge in [0.25, 0.3) is 0 Å². The number of amides is 3. The van der Waals surface area contributed by atoms with E-state index in [1.807, 2.05) is 24.3 Å². The molecule has 0 aliphatic carbocycles. The molecule has 12 nitrogen and oxygen atoms in total. The van der Waals surface area contributed by atoms with Crippen molar-refractivity contribution >= 4 is 34.6 Å². The summed E-state index contributed by atoms with van der Waals surface area (Å²) in [5.41, 5.74) is 13.4. The van der Waals surface area contributed by atoms with Crippen LogP contribution in [0.2, 0.25) is 0 Å². The summed E-state index contributed by atoms with van der Waals surface area (Å²) < 4.78 is 0. The molecule has 38 heavy (non-hydrogen) atoms. The fourth-order valence-electron chi connectivity index (χ4n) is 4.09. The molecule has 1 aromatic carbocycles. The second-order valence-electron chi connectivity index (χ2n) is 9.81. The first-order valence-corrected chi connectivity index (χ1v) is 12.8. The van der Waals surface area contributed by atoms with Crippen molar-refractivity contribution in [3.63, 3.8) is 0 Å². The van der Waals surface area contributed by atoms with E-state index >= 15 is 0 Å². The lowest BCUT2D eigenvalue weighted by atomic mass is 10.0. The minimum Gasteiger partial charge on any atom is -0.480 e. The van der Waals surface area contributed by atoms with E-state index < -0.39 is 54.0 Å². The number of unbranched alkanes of at least 4 members (excludes halogenated alkanes) is 1. The molecule has 0 radical (unpaired) electrons. The van der Waals surface area contributed by atoms with Gasteiger partial charge in [0.05, 0.1) is 12.1 Å². The van der Waals surface area contributed by atoms with Crippen molar-refractivity contribution in [2.75, 3.05) is 6.54 Å². The van der Waals surface area contributed by atoms with Gasteiger partial charge in [-0.1, -0.05) is 32.0 Å². The first kappa shape index (κ1) is 30.7. The molecule has 0 aliphatic rings. The molecule has 12 heteroatoms. The fraction of sp³-hybridized carbons (Fsp3) is 0.538. The number of nitrogens with one attached hydrogen (secondary N) is 4. The van der Waals surface area contributed by atoms with Crippen LogP contribution >= 0.6 is 0 Å². The Labute approximate surface area is 221 Å². The summed E-state index contributed by atoms with van der Waals surface area (Å²) in [6.45, 7) is 5.02. The molecule has 0 aliphatic heterocycles. The van der Waals surface area contributed by atoms with Crippen LogP contribution in [0.15, 0.2) is 30.5 Å². The Kier molecular flexibility index (Phi) is 11.7. The number of nitrogens with two attached hydrogens (primary N) is 2. The highest BCUT2D eigenvalue weighted by Gasteiger charge is 2.33. The SMILES string of the molecule is CC(C)C(NC(=O)C(CCCCN)NC(=O)C(NC(=O)C(N)Cc1c[nH]c2ccccc12)C(C)O)C(=O)O. The third-order valence-corrected chi connectivity index (χ3v) is 6.32. The lowest BCUT2D eigenvalue weighted by Crippen LogP contribution is -2.60. The van der Waals surface area contributed by atoms with Crippen molar-refractivity contribution in [2.24, 2.45) is 17.4 Å². The molecule has 1 heterocycles. The average molecular weight is 533 g/mol. The Morgan fingerprint density at radius 2 is 1.61 bits per heavy atom. The number of hydrogen-bond donors (Lipinski definition) is 8. The average Bonchev–Trinajstić information content (AvgIpc) is 3.26. The molecule has 5 atom stereocenters. The van der Waals surface area contributed by atoms with Crippen LogP contribution < -0.4 is 27.4 Å². The van der Waals surface area contributed by atoms with Gasteiger partial charge in [-0.3, -0.25) is 14.4 Å². The molecule has 0 saturated carbocycles. The number of H-pyrrole nitrogens is 1. The van der Waals surface area contributed by atoms with Gasteiger partial charge in [0, 0.05) is 17.1 Å². The first-order valence-electron chi connectivity index (χ1n) is 12.8. The summed E-state index contributed by atoms with van der Waals surface area (Å²) in [6.07, 6.45) is 1.94. The summed E-state index contributed by atoms with van der Waals surface area (Å²) in [5.74, 6) is -3.70. The first-order chi connectivity index (χ1) is 18.0. The molecular weight excluding hydrogens is 492 g/mol. The molecule has 0 spiro atoms. The number of hydrogen-bond acceptors (Lipinski definition) is 7. The number of aromatic amines is 1. The topological polar surface area (TPSA) is 213 Å². The van der Waals surface area contributed by atoms with Gasteiger partial charge in [0.15, 0.2) is 0 Å². The molecule has 2 aromatic rings. The number of aliphatic carboxylic acids is 1. The van der Waals surface area contributed by atoms with E-state index in [4.69, 9.17) is 11.5 Å². The quantitative estimate of drug-likeness (QED) is 0.143. The maximum absolute atomic E-state index is 13.1. The number of carbonyl (C=O) groups excluding carboxylic acids is 3. The number of aromatic nitrogens is 1. The van der Waals surface area contributed by atoms with Crippen LogP contribution in [0.1, 0.15) is 45.6 Å². The Balaban J connectivity index is 2.10. The number of aliphatic hydroxyl groups excluding tert-OH is 1. The maximum atomic E-state index is 13.1. The van der Waals surface area contributed by atoms with Gasteiger partial charge in [-0.2, -0.15) is 0 Å². The lowest BCUT2D eigenvalue weighted by Gasteiger charge is -2.27. The highest BCUT2D eigenvalue weighted by molar-refractivity contribution is 5.94. The number of fused-ring (bicyclic) bond motifs is 1. The van der Waals surface area contributed by atoms with Crippen molar-refractivity contribution in [3.05, 3.63) is 36.0 Å². The van der Waals surface area contributed by atoms with E-state index in [1.165, 1.54) is 6.92 Å². The lowest BCUT2D eigenvalue weighted by molar-refractivity contribution is -0.143. The van der Waals surface area contributed by atoms with Crippen molar-refractivity contribution in [2.45, 2.75) is 76.7 Å². The number of benzene rings is 1. The van der Waals surface area contributed by atoms with Crippen LogP contribution in [0.5, 0.6) is 0 Å². The number of carboxylic acid groups (broad SMARTS) is 1. The van der Waals surface area contributed by atoms with Crippen LogP contribution in [-0.2, 0) is 25.6 Å². The van der Waals surface area contributed by atoms with Crippen molar-refractivity contribution in [1.29, 1.82) is 0 Å². The monoisotopic (exact) mass is 532 g/mol. The van der Waals surface area contributed by atoms with Gasteiger partial charge in [-0.05, 0) is 56.7 Å². The zero-order chi connectivity index (χ0) is 28.4. The van der Waals surface area contributed by atoms with E-state index in [2.05, 4.69) is 20.9 Å². The van der Waals surface area contributed by atoms with Gasteiger partial charge in [0.2, 0.25) is 17.7 Å². The van der Waals surface area contributed by atoms with E-state index in [0.29, 0.717) is 19.4 Å². The number of para-hydroxylation sites is 1. The summed E-state index contributed by atoms with van der Waals surface area (Å²) >= 11 is 0. The number of carbonyl (C=O) groups is 4. The Bertz CT molecular complexity index is 1100. The van der Waals surface area contributed by atoms with Gasteiger partial charge in [-0.25, -0.2) is 4.79 Å². The Hall–Kier alpha value is -3.48. The Morgan fingerprint density at radius 3 is 2.21 bits per heavy atom. The van der Waals surface area contributed by atoms with Crippen LogP contribution in [0.3, 0.4) is 0 Å². The van der Waals surface area contributed by atoms with Crippen LogP contribution in [-0.4, -0.2) is 75.7 Å². The molecule has 3 amide bonds. The normalized spacial score (nSPS) is 15.3. The minimum absolute atomic E-state index is 0.194. The largest absolute Gasteiger partial charge is 0.480 e. The van der Waals surface area contributed by atoms with Crippen molar-refractivity contribution in [3.8, 4) is 0 Å². The van der Waals surface area contributed by atoms with E-state index in [1.54, 1.807) is 20.0 Å². The van der Waals surface area contributed by atoms with E-state index in [-0.39, 0.29) is 18.8 Å². The van der Waals surface area contributed by atoms with Gasteiger partial charge in [0.1, 0.15) is 18.1 Å². The van der Waals surface area contributed by atoms with Gasteiger partial charge >= 0.3 is 5.97 Å². The summed E-state index contributed by atoms with van der Waals surface area (Å²) in [6, 6.07) is 2.93. The predicted octanol–water partition coefficient (Wildman–Crippen LogP) is -0.257. The predicted molar refractivity (Wildman–Crippen MR) is 143 cm³/mol. The van der Waals surface area contributed by atoms with Crippen LogP contribution in [0.4, 0.5) is 0 Å². The molecule has 0 bridgehead atoms. The number of rotatable bonds is 15. The molecule has 5 unspecified atom stereocenters. The number of aliphatic hydroxyl groups is 1. The summed E-state index contributed by atoms with van der Waals surface area (Å²) in [5, 5.41) is 28.1. The molecule has 0 saturated heterocycles. The van der Waals surface area contributed by atoms with Crippen molar-refractivity contribution in [1.82, 2.24) is 20.9 Å². The molecule has 0 fully saturated rings. The molecular formula is C26H40N6O6. The molecule has 1 aromatic heterocycles. The molecule has 2 rings (SSSR count). The summed E-state index contributed by atoms with van der Waals surface area (Å²) in [7, 11) is 0. The van der Waals surface area contributed by atoms with Crippen LogP contribution in [0, 0.1) is 5.92 Å². The number of carboxylic acids is 1. The fourth-order valence-corrected chi connectivity index (χ4v) is 4.09. The van der Waals surface area contributed by atoms with Crippen molar-refractivity contribution < 1.29 is 29.4 Å². The van der Waals surface area contributed by atoms with Gasteiger partial charge < -0.3 is 42.6 Å². The summed E-state index contributed by atoms with van der Waals surface area (Å²) in [4.78, 5) is 53.5. The third kappa shape index (κ3) is 8.54. The second-order valence-corrected chi connectivity index (χ2v) is 9.81. The zero-order valence-electron chi connectivity index (χ0n) is 22.1. The standard InChI is InChI=1S/C26H40N6O6/c1-14(2)21(26(37)38)31-24(35)20(10-6-7-11-27)30-25(36)22(15(3)33)32-23(34)18(28)12-16-13-29-19-9-5-4-8-17(16)19/h4-5,8-9,13-15,18,20-22,29,33H,6-7,10-12,27-28H2,1-3H3,(H,30,36)(H,31,35)(H,32,34)(H,37,38). The smallest absolute Gasteiger partial charge is 0.326 e. The molecule has 10 N–H and O–H groups in total. The van der Waals surface area contributed by atoms with Crippen LogP contribution in [0.25, 0.3) is 10.9 Å². The van der Waals surface area contributed by atoms with E-state index in [0.717, 1.165) is 16.5 Å². The third-order valence-electron chi connectivity index (χ3n) is 6.32. The van der Waals surface area contributed by atoms with E-state index in [9.17, 15) is 29.4 Å². The zero-order valence-corrected chi connectivity index (χ0v) is 22.1. The Morgan fingerprint density at radius 1 is 0.947 bits per heavy atom.